The molecule has 0 aromatic heterocycles. The molecule has 0 fully saturated rings. The second-order valence-electron chi connectivity index (χ2n) is 5.39. The zero-order valence-corrected chi connectivity index (χ0v) is 14.4. The molecule has 1 N–H and O–H groups in total. The van der Waals surface area contributed by atoms with Gasteiger partial charge in [-0.15, -0.1) is 11.8 Å². The maximum atomic E-state index is 13.0. The molecule has 2 aromatic carbocycles. The first-order valence-corrected chi connectivity index (χ1v) is 8.62. The Labute approximate surface area is 140 Å². The van der Waals surface area contributed by atoms with Gasteiger partial charge in [0, 0.05) is 10.9 Å². The van der Waals surface area contributed by atoms with Crippen molar-refractivity contribution in [2.75, 3.05) is 25.2 Å². The Balaban J connectivity index is 1.97. The number of carbonyl (C=O) groups excluding carboxylic acids is 1. The Bertz CT molecular complexity index is 660. The lowest BCUT2D eigenvalue weighted by Gasteiger charge is -2.24. The van der Waals surface area contributed by atoms with Gasteiger partial charge in [-0.1, -0.05) is 24.3 Å². The highest BCUT2D eigenvalue weighted by Gasteiger charge is 2.15. The van der Waals surface area contributed by atoms with E-state index in [4.69, 9.17) is 0 Å². The first kappa shape index (κ1) is 17.5. The van der Waals surface area contributed by atoms with E-state index in [0.29, 0.717) is 0 Å². The molecule has 122 valence electrons. The monoisotopic (exact) mass is 332 g/mol. The lowest BCUT2D eigenvalue weighted by Crippen LogP contribution is -2.32. The van der Waals surface area contributed by atoms with Crippen molar-refractivity contribution < 1.29 is 9.18 Å². The Kier molecular flexibility index (Phi) is 6.19. The van der Waals surface area contributed by atoms with Gasteiger partial charge in [-0.25, -0.2) is 4.39 Å². The maximum absolute atomic E-state index is 13.0. The number of halogens is 1. The quantitative estimate of drug-likeness (QED) is 0.806. The van der Waals surface area contributed by atoms with E-state index in [2.05, 4.69) is 5.32 Å². The van der Waals surface area contributed by atoms with E-state index in [1.54, 1.807) is 23.9 Å². The van der Waals surface area contributed by atoms with Crippen LogP contribution in [-0.4, -0.2) is 30.7 Å². The molecule has 2 aromatic rings. The summed E-state index contributed by atoms with van der Waals surface area (Å²) in [5, 5.41) is 2.95. The number of hydrogen-bond donors (Lipinski definition) is 1. The van der Waals surface area contributed by atoms with E-state index in [1.165, 1.54) is 12.1 Å². The summed E-state index contributed by atoms with van der Waals surface area (Å²) < 4.78 is 13.0. The van der Waals surface area contributed by atoms with Gasteiger partial charge in [0.25, 0.3) is 0 Å². The Hall–Kier alpha value is -1.85. The Morgan fingerprint density at radius 3 is 2.52 bits per heavy atom. The average Bonchev–Trinajstić information content (AvgIpc) is 2.55. The first-order chi connectivity index (χ1) is 11.0. The van der Waals surface area contributed by atoms with Crippen LogP contribution >= 0.6 is 11.8 Å². The molecule has 5 heteroatoms. The molecule has 0 unspecified atom stereocenters. The van der Waals surface area contributed by atoms with Gasteiger partial charge < -0.3 is 5.32 Å². The predicted octanol–water partition coefficient (Wildman–Crippen LogP) is 4.18. The smallest absolute Gasteiger partial charge is 0.238 e. The Morgan fingerprint density at radius 2 is 1.87 bits per heavy atom. The van der Waals surface area contributed by atoms with E-state index in [9.17, 15) is 9.18 Å². The van der Waals surface area contributed by atoms with Crippen molar-refractivity contribution in [1.29, 1.82) is 0 Å². The zero-order valence-electron chi connectivity index (χ0n) is 13.5. The predicted molar refractivity (Wildman–Crippen MR) is 94.3 cm³/mol. The van der Waals surface area contributed by atoms with Crippen molar-refractivity contribution in [3.63, 3.8) is 0 Å². The number of hydrogen-bond acceptors (Lipinski definition) is 3. The number of para-hydroxylation sites is 1. The van der Waals surface area contributed by atoms with Crippen LogP contribution in [-0.2, 0) is 4.79 Å². The summed E-state index contributed by atoms with van der Waals surface area (Å²) in [6, 6.07) is 14.1. The van der Waals surface area contributed by atoms with Gasteiger partial charge in [-0.3, -0.25) is 9.69 Å². The highest BCUT2D eigenvalue weighted by Crippen LogP contribution is 2.25. The van der Waals surface area contributed by atoms with Gasteiger partial charge in [0.05, 0.1) is 12.2 Å². The van der Waals surface area contributed by atoms with E-state index in [1.807, 2.05) is 49.4 Å². The van der Waals surface area contributed by atoms with Crippen LogP contribution < -0.4 is 5.32 Å². The standard InChI is InChI=1S/C18H21FN2OS/c1-13(14-8-10-15(19)11-9-14)21(2)12-18(22)20-16-6-4-5-7-17(16)23-3/h4-11,13H,12H2,1-3H3,(H,20,22)/t13-/m1/s1. The van der Waals surface area contributed by atoms with Gasteiger partial charge >= 0.3 is 0 Å². The summed E-state index contributed by atoms with van der Waals surface area (Å²) >= 11 is 1.60. The van der Waals surface area contributed by atoms with Gasteiger partial charge in [-0.05, 0) is 50.1 Å². The number of nitrogens with one attached hydrogen (secondary N) is 1. The van der Waals surface area contributed by atoms with Gasteiger partial charge in [0.15, 0.2) is 0 Å². The van der Waals surface area contributed by atoms with Crippen LogP contribution in [0.5, 0.6) is 0 Å². The molecule has 1 atom stereocenters. The topological polar surface area (TPSA) is 32.3 Å². The van der Waals surface area contributed by atoms with Crippen LogP contribution in [0.2, 0.25) is 0 Å². The van der Waals surface area contributed by atoms with Crippen LogP contribution in [0, 0.1) is 5.82 Å². The summed E-state index contributed by atoms with van der Waals surface area (Å²) in [6.45, 7) is 2.26. The second-order valence-corrected chi connectivity index (χ2v) is 6.24. The number of anilines is 1. The highest BCUT2D eigenvalue weighted by atomic mass is 32.2. The molecule has 0 radical (unpaired) electrons. The third-order valence-corrected chi connectivity index (χ3v) is 4.58. The molecule has 0 saturated heterocycles. The number of nitrogens with zero attached hydrogens (tertiary/aromatic N) is 1. The van der Waals surface area contributed by atoms with Crippen molar-refractivity contribution in [3.05, 3.63) is 59.9 Å². The summed E-state index contributed by atoms with van der Waals surface area (Å²) in [5.74, 6) is -0.321. The molecule has 0 bridgehead atoms. The lowest BCUT2D eigenvalue weighted by atomic mass is 10.1. The largest absolute Gasteiger partial charge is 0.324 e. The van der Waals surface area contributed by atoms with Crippen molar-refractivity contribution in [3.8, 4) is 0 Å². The third-order valence-electron chi connectivity index (χ3n) is 3.79. The molecular weight excluding hydrogens is 311 g/mol. The van der Waals surface area contributed by atoms with Crippen LogP contribution in [0.25, 0.3) is 0 Å². The molecule has 0 spiro atoms. The minimum Gasteiger partial charge on any atom is -0.324 e. The molecule has 23 heavy (non-hydrogen) atoms. The molecule has 0 heterocycles. The van der Waals surface area contributed by atoms with E-state index in [0.717, 1.165) is 16.1 Å². The number of thioether (sulfide) groups is 1. The molecule has 1 amide bonds. The SMILES string of the molecule is CSc1ccccc1NC(=O)CN(C)[C@H](C)c1ccc(F)cc1. The fourth-order valence-corrected chi connectivity index (χ4v) is 2.85. The fourth-order valence-electron chi connectivity index (χ4n) is 2.30. The fraction of sp³-hybridized carbons (Fsp3) is 0.278. The molecule has 0 aliphatic rings. The lowest BCUT2D eigenvalue weighted by molar-refractivity contribution is -0.117. The average molecular weight is 332 g/mol. The number of amides is 1. The molecule has 2 rings (SSSR count). The van der Waals surface area contributed by atoms with Gasteiger partial charge in [0.1, 0.15) is 5.82 Å². The minimum absolute atomic E-state index is 0.0251. The number of rotatable bonds is 6. The highest BCUT2D eigenvalue weighted by molar-refractivity contribution is 7.98. The molecule has 0 aliphatic carbocycles. The van der Waals surface area contributed by atoms with Crippen molar-refractivity contribution in [2.45, 2.75) is 17.9 Å². The summed E-state index contributed by atoms with van der Waals surface area (Å²) in [4.78, 5) is 15.2. The number of likely N-dealkylation sites (N-methyl/N-ethyl adjacent to an activating group) is 1. The van der Waals surface area contributed by atoms with E-state index < -0.39 is 0 Å². The van der Waals surface area contributed by atoms with Gasteiger partial charge in [0.2, 0.25) is 5.91 Å². The van der Waals surface area contributed by atoms with Crippen LogP contribution in [0.1, 0.15) is 18.5 Å². The first-order valence-electron chi connectivity index (χ1n) is 7.40. The molecule has 3 nitrogen and oxygen atoms in total. The summed E-state index contributed by atoms with van der Waals surface area (Å²) in [7, 11) is 1.88. The maximum Gasteiger partial charge on any atom is 0.238 e. The summed E-state index contributed by atoms with van der Waals surface area (Å²) in [6.07, 6.45) is 1.98. The third kappa shape index (κ3) is 4.81. The van der Waals surface area contributed by atoms with Crippen molar-refractivity contribution in [2.24, 2.45) is 0 Å². The van der Waals surface area contributed by atoms with Crippen LogP contribution in [0.3, 0.4) is 0 Å². The number of carbonyl (C=O) groups is 1. The molecular formula is C18H21FN2OS. The Morgan fingerprint density at radius 1 is 1.22 bits per heavy atom. The second kappa shape index (κ2) is 8.13. The van der Waals surface area contributed by atoms with Crippen LogP contribution in [0.15, 0.2) is 53.4 Å². The van der Waals surface area contributed by atoms with Crippen molar-refractivity contribution >= 4 is 23.4 Å². The zero-order chi connectivity index (χ0) is 16.8. The van der Waals surface area contributed by atoms with Gasteiger partial charge in [-0.2, -0.15) is 0 Å². The van der Waals surface area contributed by atoms with Crippen LogP contribution in [0.4, 0.5) is 10.1 Å². The minimum atomic E-state index is -0.255. The molecule has 0 saturated carbocycles. The van der Waals surface area contributed by atoms with Crippen molar-refractivity contribution in [1.82, 2.24) is 4.90 Å². The molecule has 0 aliphatic heterocycles. The summed E-state index contributed by atoms with van der Waals surface area (Å²) in [5.41, 5.74) is 1.80. The van der Waals surface area contributed by atoms with E-state index in [-0.39, 0.29) is 24.3 Å². The normalized spacial score (nSPS) is 12.2. The van der Waals surface area contributed by atoms with E-state index >= 15 is 0 Å². The number of benzene rings is 2.